The maximum absolute atomic E-state index is 12.3. The highest BCUT2D eigenvalue weighted by molar-refractivity contribution is 7.89. The number of nitrogens with zero attached hydrogens (tertiary/aromatic N) is 1. The van der Waals surface area contributed by atoms with Crippen LogP contribution in [0.15, 0.2) is 23.2 Å². The van der Waals surface area contributed by atoms with Crippen LogP contribution in [0.2, 0.25) is 0 Å². The Hall–Kier alpha value is -1.14. The number of hydrogen-bond acceptors (Lipinski definition) is 4. The Kier molecular flexibility index (Phi) is 4.10. The van der Waals surface area contributed by atoms with Gasteiger partial charge in [-0.15, -0.1) is 0 Å². The number of aromatic nitrogens is 1. The Morgan fingerprint density at radius 3 is 2.79 bits per heavy atom. The normalized spacial score (nSPS) is 28.2. The van der Waals surface area contributed by atoms with Crippen LogP contribution < -0.4 is 10.5 Å². The summed E-state index contributed by atoms with van der Waals surface area (Å²) in [6.07, 6.45) is 4.58. The van der Waals surface area contributed by atoms with Crippen molar-refractivity contribution < 1.29 is 8.42 Å². The maximum atomic E-state index is 12.3. The van der Waals surface area contributed by atoms with Gasteiger partial charge in [0.25, 0.3) is 0 Å². The maximum Gasteiger partial charge on any atom is 0.244 e. The molecule has 0 radical (unpaired) electrons. The summed E-state index contributed by atoms with van der Waals surface area (Å²) in [5.74, 6) is 0.917. The molecule has 1 fully saturated rings. The summed E-state index contributed by atoms with van der Waals surface area (Å²) in [6.45, 7) is 4.27. The zero-order valence-corrected chi connectivity index (χ0v) is 12.2. The molecule has 3 unspecified atom stereocenters. The first-order valence-electron chi connectivity index (χ1n) is 6.64. The van der Waals surface area contributed by atoms with Crippen LogP contribution >= 0.6 is 0 Å². The Morgan fingerprint density at radius 2 is 2.11 bits per heavy atom. The lowest BCUT2D eigenvalue weighted by atomic mass is 9.78. The fourth-order valence-corrected chi connectivity index (χ4v) is 4.08. The lowest BCUT2D eigenvalue weighted by molar-refractivity contribution is 0.227. The highest BCUT2D eigenvalue weighted by Gasteiger charge is 2.31. The molecular weight excluding hydrogens is 262 g/mol. The molecule has 1 saturated carbocycles. The minimum atomic E-state index is -3.58. The number of nitrogen functional groups attached to an aromatic ring is 1. The number of hydrogen-bond donors (Lipinski definition) is 2. The van der Waals surface area contributed by atoms with Gasteiger partial charge in [-0.2, -0.15) is 0 Å². The standard InChI is InChI=1S/C13H21N3O2S/c1-9-5-3-6-11(10(9)2)16-19(17,18)12-7-4-8-15-13(12)14/h4,7-11,16H,3,5-6H2,1-2H3,(H2,14,15). The molecule has 3 atom stereocenters. The van der Waals surface area contributed by atoms with Gasteiger partial charge in [0, 0.05) is 12.2 Å². The lowest BCUT2D eigenvalue weighted by Crippen LogP contribution is -2.43. The molecule has 3 N–H and O–H groups in total. The molecular formula is C13H21N3O2S. The van der Waals surface area contributed by atoms with E-state index in [1.54, 1.807) is 6.07 Å². The van der Waals surface area contributed by atoms with Gasteiger partial charge in [-0.05, 0) is 30.4 Å². The third-order valence-corrected chi connectivity index (χ3v) is 5.64. The molecule has 106 valence electrons. The first kappa shape index (κ1) is 14.3. The molecule has 19 heavy (non-hydrogen) atoms. The van der Waals surface area contributed by atoms with Gasteiger partial charge in [0.1, 0.15) is 10.7 Å². The minimum Gasteiger partial charge on any atom is -0.383 e. The average Bonchev–Trinajstić information content (AvgIpc) is 2.35. The van der Waals surface area contributed by atoms with Gasteiger partial charge in [0.2, 0.25) is 10.0 Å². The average molecular weight is 283 g/mol. The second kappa shape index (κ2) is 5.46. The summed E-state index contributed by atoms with van der Waals surface area (Å²) in [5, 5.41) is 0. The largest absolute Gasteiger partial charge is 0.383 e. The predicted molar refractivity (Wildman–Crippen MR) is 74.9 cm³/mol. The zero-order chi connectivity index (χ0) is 14.0. The molecule has 1 aromatic rings. The van der Waals surface area contributed by atoms with Gasteiger partial charge in [0.05, 0.1) is 0 Å². The van der Waals surface area contributed by atoms with Crippen molar-refractivity contribution >= 4 is 15.8 Å². The van der Waals surface area contributed by atoms with Crippen molar-refractivity contribution in [3.63, 3.8) is 0 Å². The van der Waals surface area contributed by atoms with E-state index in [0.717, 1.165) is 19.3 Å². The van der Waals surface area contributed by atoms with E-state index < -0.39 is 10.0 Å². The van der Waals surface area contributed by atoms with E-state index in [1.807, 2.05) is 0 Å². The smallest absolute Gasteiger partial charge is 0.244 e. The van der Waals surface area contributed by atoms with E-state index in [4.69, 9.17) is 5.73 Å². The number of anilines is 1. The monoisotopic (exact) mass is 283 g/mol. The summed E-state index contributed by atoms with van der Waals surface area (Å²) >= 11 is 0. The van der Waals surface area contributed by atoms with Crippen molar-refractivity contribution in [2.75, 3.05) is 5.73 Å². The Balaban J connectivity index is 2.20. The first-order chi connectivity index (χ1) is 8.92. The van der Waals surface area contributed by atoms with Crippen LogP contribution in [-0.2, 0) is 10.0 Å². The molecule has 0 amide bonds. The Bertz CT molecular complexity index is 545. The van der Waals surface area contributed by atoms with Crippen molar-refractivity contribution in [2.24, 2.45) is 11.8 Å². The van der Waals surface area contributed by atoms with E-state index in [2.05, 4.69) is 23.6 Å². The second-order valence-corrected chi connectivity index (χ2v) is 7.06. The molecule has 0 aromatic carbocycles. The summed E-state index contributed by atoms with van der Waals surface area (Å²) in [5.41, 5.74) is 5.64. The number of sulfonamides is 1. The Labute approximate surface area is 114 Å². The second-order valence-electron chi connectivity index (χ2n) is 5.38. The highest BCUT2D eigenvalue weighted by atomic mass is 32.2. The number of nitrogens with two attached hydrogens (primary N) is 1. The fraction of sp³-hybridized carbons (Fsp3) is 0.615. The van der Waals surface area contributed by atoms with Gasteiger partial charge >= 0.3 is 0 Å². The molecule has 2 rings (SSSR count). The van der Waals surface area contributed by atoms with E-state index in [-0.39, 0.29) is 16.8 Å². The van der Waals surface area contributed by atoms with Crippen LogP contribution in [0.3, 0.4) is 0 Å². The van der Waals surface area contributed by atoms with Crippen LogP contribution in [-0.4, -0.2) is 19.4 Å². The minimum absolute atomic E-state index is 0.0200. The van der Waals surface area contributed by atoms with Gasteiger partial charge in [0.15, 0.2) is 0 Å². The fourth-order valence-electron chi connectivity index (χ4n) is 2.64. The molecule has 1 aromatic heterocycles. The molecule has 1 aliphatic rings. The predicted octanol–water partition coefficient (Wildman–Crippen LogP) is 1.77. The van der Waals surface area contributed by atoms with Crippen LogP contribution in [0.4, 0.5) is 5.82 Å². The van der Waals surface area contributed by atoms with Crippen LogP contribution in [0.1, 0.15) is 33.1 Å². The van der Waals surface area contributed by atoms with Gasteiger partial charge in [-0.3, -0.25) is 0 Å². The number of pyridine rings is 1. The van der Waals surface area contributed by atoms with Crippen LogP contribution in [0, 0.1) is 11.8 Å². The quantitative estimate of drug-likeness (QED) is 0.885. The van der Waals surface area contributed by atoms with Gasteiger partial charge < -0.3 is 5.73 Å². The van der Waals surface area contributed by atoms with Gasteiger partial charge in [-0.25, -0.2) is 18.1 Å². The van der Waals surface area contributed by atoms with Crippen molar-refractivity contribution in [2.45, 2.75) is 44.0 Å². The molecule has 0 bridgehead atoms. The van der Waals surface area contributed by atoms with Crippen LogP contribution in [0.5, 0.6) is 0 Å². The third kappa shape index (κ3) is 3.06. The molecule has 0 saturated heterocycles. The summed E-state index contributed by atoms with van der Waals surface area (Å²) < 4.78 is 27.5. The van der Waals surface area contributed by atoms with Crippen molar-refractivity contribution in [3.05, 3.63) is 18.3 Å². The van der Waals surface area contributed by atoms with E-state index in [1.165, 1.54) is 12.3 Å². The number of nitrogens with one attached hydrogen (secondary N) is 1. The molecule has 5 nitrogen and oxygen atoms in total. The summed E-state index contributed by atoms with van der Waals surface area (Å²) in [4.78, 5) is 3.90. The molecule has 0 aliphatic heterocycles. The van der Waals surface area contributed by atoms with Gasteiger partial charge in [-0.1, -0.05) is 26.7 Å². The van der Waals surface area contributed by atoms with Crippen LogP contribution in [0.25, 0.3) is 0 Å². The van der Waals surface area contributed by atoms with E-state index in [0.29, 0.717) is 11.8 Å². The van der Waals surface area contributed by atoms with Crippen molar-refractivity contribution in [1.82, 2.24) is 9.71 Å². The van der Waals surface area contributed by atoms with Crippen molar-refractivity contribution in [1.29, 1.82) is 0 Å². The molecule has 1 heterocycles. The third-order valence-electron chi connectivity index (χ3n) is 4.10. The Morgan fingerprint density at radius 1 is 1.37 bits per heavy atom. The molecule has 1 aliphatic carbocycles. The topological polar surface area (TPSA) is 85.1 Å². The number of rotatable bonds is 3. The zero-order valence-electron chi connectivity index (χ0n) is 11.3. The van der Waals surface area contributed by atoms with Crippen molar-refractivity contribution in [3.8, 4) is 0 Å². The molecule has 0 spiro atoms. The molecule has 6 heteroatoms. The lowest BCUT2D eigenvalue weighted by Gasteiger charge is -2.34. The highest BCUT2D eigenvalue weighted by Crippen LogP contribution is 2.30. The summed E-state index contributed by atoms with van der Waals surface area (Å²) in [6, 6.07) is 3.05. The summed E-state index contributed by atoms with van der Waals surface area (Å²) in [7, 11) is -3.58. The van der Waals surface area contributed by atoms with E-state index >= 15 is 0 Å². The first-order valence-corrected chi connectivity index (χ1v) is 8.13. The van der Waals surface area contributed by atoms with E-state index in [9.17, 15) is 8.42 Å². The SMILES string of the molecule is CC1CCCC(NS(=O)(=O)c2cccnc2N)C1C.